The summed E-state index contributed by atoms with van der Waals surface area (Å²) in [6.07, 6.45) is 2.90. The first-order valence-corrected chi connectivity index (χ1v) is 10.8. The Bertz CT molecular complexity index is 368. The molecule has 0 heterocycles. The number of rotatable bonds is 3. The van der Waals surface area contributed by atoms with Gasteiger partial charge < -0.3 is 0 Å². The first kappa shape index (κ1) is 16.7. The molecule has 2 unspecified atom stereocenters. The average Bonchev–Trinajstić information content (AvgIpc) is 2.11. The van der Waals surface area contributed by atoms with Gasteiger partial charge in [-0.05, 0) is 0 Å². The zero-order valence-electron chi connectivity index (χ0n) is 13.0. The summed E-state index contributed by atoms with van der Waals surface area (Å²) < 4.78 is -0.0549. The maximum atomic E-state index is 11.6. The van der Waals surface area contributed by atoms with Crippen molar-refractivity contribution in [2.45, 2.75) is 67.3 Å². The van der Waals surface area contributed by atoms with Crippen LogP contribution in [0.25, 0.3) is 0 Å². The van der Waals surface area contributed by atoms with Crippen molar-refractivity contribution in [1.82, 2.24) is 10.6 Å². The van der Waals surface area contributed by atoms with Gasteiger partial charge in [-0.25, -0.2) is 0 Å². The normalized spacial score (nSPS) is 29.5. The van der Waals surface area contributed by atoms with E-state index in [1.165, 1.54) is 0 Å². The molecule has 109 valence electrons. The van der Waals surface area contributed by atoms with Crippen LogP contribution in [0.5, 0.6) is 0 Å². The van der Waals surface area contributed by atoms with E-state index < -0.39 is 17.9 Å². The average molecular weight is 303 g/mol. The van der Waals surface area contributed by atoms with Gasteiger partial charge >= 0.3 is 123 Å². The Hall–Kier alpha value is -0.346. The van der Waals surface area contributed by atoms with Gasteiger partial charge in [-0.15, -0.1) is 0 Å². The van der Waals surface area contributed by atoms with E-state index in [2.05, 4.69) is 34.9 Å². The number of nitrogens with one attached hydrogen (secondary N) is 2. The minimum absolute atomic E-state index is 0.0215. The summed E-state index contributed by atoms with van der Waals surface area (Å²) in [4.78, 5) is 22.9. The molecule has 0 bridgehead atoms. The number of amides is 2. The van der Waals surface area contributed by atoms with Crippen LogP contribution >= 0.6 is 0 Å². The maximum absolute atomic E-state index is 11.6. The molecule has 0 aromatic carbocycles. The second-order valence-corrected chi connectivity index (χ2v) is 11.5. The van der Waals surface area contributed by atoms with Gasteiger partial charge in [0.15, 0.2) is 0 Å². The molecule has 2 atom stereocenters. The molecule has 19 heavy (non-hydrogen) atoms. The molecule has 2 amide bonds. The van der Waals surface area contributed by atoms with E-state index in [1.54, 1.807) is 13.8 Å². The van der Waals surface area contributed by atoms with Gasteiger partial charge in [0, 0.05) is 0 Å². The number of hydrogen-bond donors (Lipinski definition) is 2. The summed E-state index contributed by atoms with van der Waals surface area (Å²) >= 11 is -1.38. The van der Waals surface area contributed by atoms with Crippen molar-refractivity contribution in [1.29, 1.82) is 0 Å². The van der Waals surface area contributed by atoms with Crippen LogP contribution in [0.3, 0.4) is 0 Å². The van der Waals surface area contributed by atoms with Crippen LogP contribution in [0, 0.1) is 5.41 Å². The van der Waals surface area contributed by atoms with Crippen LogP contribution in [0.4, 0.5) is 0 Å². The third-order valence-electron chi connectivity index (χ3n) is 3.95. The van der Waals surface area contributed by atoms with Crippen molar-refractivity contribution in [3.8, 4) is 0 Å². The third-order valence-corrected chi connectivity index (χ3v) is 7.73. The Morgan fingerprint density at radius 2 is 1.68 bits per heavy atom. The molecule has 5 heteroatoms. The van der Waals surface area contributed by atoms with Crippen LogP contribution in [0.15, 0.2) is 0 Å². The van der Waals surface area contributed by atoms with Crippen molar-refractivity contribution in [3.63, 3.8) is 0 Å². The predicted octanol–water partition coefficient (Wildman–Crippen LogP) is 2.25. The Morgan fingerprint density at radius 1 is 1.11 bits per heavy atom. The van der Waals surface area contributed by atoms with E-state index in [-0.39, 0.29) is 27.1 Å². The van der Waals surface area contributed by atoms with Crippen LogP contribution in [0.1, 0.15) is 47.0 Å². The van der Waals surface area contributed by atoms with Gasteiger partial charge in [0.05, 0.1) is 0 Å². The van der Waals surface area contributed by atoms with Gasteiger partial charge in [-0.2, -0.15) is 0 Å². The van der Waals surface area contributed by atoms with E-state index in [0.29, 0.717) is 0 Å². The van der Waals surface area contributed by atoms with Crippen LogP contribution < -0.4 is 10.6 Å². The van der Waals surface area contributed by atoms with Gasteiger partial charge in [-0.1, -0.05) is 0 Å². The Balaban J connectivity index is 3.01. The molecule has 0 aromatic heterocycles. The topological polar surface area (TPSA) is 58.2 Å². The first-order chi connectivity index (χ1) is 8.56. The predicted molar refractivity (Wildman–Crippen MR) is 73.5 cm³/mol. The fraction of sp³-hybridized carbons (Fsp3) is 0.857. The van der Waals surface area contributed by atoms with Gasteiger partial charge in [0.25, 0.3) is 0 Å². The fourth-order valence-electron chi connectivity index (χ4n) is 3.45. The van der Waals surface area contributed by atoms with Gasteiger partial charge in [0.1, 0.15) is 0 Å². The molecule has 1 fully saturated rings. The summed E-state index contributed by atoms with van der Waals surface area (Å²) in [6, 6.07) is 0.176. The zero-order chi connectivity index (χ0) is 14.8. The Kier molecular flexibility index (Phi) is 5.24. The van der Waals surface area contributed by atoms with E-state index in [1.807, 2.05) is 0 Å². The summed E-state index contributed by atoms with van der Waals surface area (Å²) in [7, 11) is 0. The summed E-state index contributed by atoms with van der Waals surface area (Å²) in [6.45, 7) is 7.63. The van der Waals surface area contributed by atoms with Crippen LogP contribution in [-0.2, 0) is 27.5 Å². The van der Waals surface area contributed by atoms with E-state index >= 15 is 0 Å². The van der Waals surface area contributed by atoms with E-state index in [0.717, 1.165) is 19.3 Å². The van der Waals surface area contributed by atoms with E-state index in [9.17, 15) is 9.59 Å². The molecule has 0 radical (unpaired) electrons. The molecule has 2 N–H and O–H groups in total. The first-order valence-electron chi connectivity index (χ1n) is 6.93. The molecule has 1 rings (SSSR count). The molecule has 1 aliphatic carbocycles. The third kappa shape index (κ3) is 4.60. The summed E-state index contributed by atoms with van der Waals surface area (Å²) in [5.74, 6) is 0.0705. The number of hydrogen-bond acceptors (Lipinski definition) is 2. The van der Waals surface area contributed by atoms with Crippen molar-refractivity contribution in [2.24, 2.45) is 5.41 Å². The van der Waals surface area contributed by atoms with Crippen molar-refractivity contribution >= 4 is 11.8 Å². The van der Waals surface area contributed by atoms with Crippen molar-refractivity contribution in [3.05, 3.63) is 0 Å². The molecule has 0 spiro atoms. The van der Waals surface area contributed by atoms with E-state index in [4.69, 9.17) is 0 Å². The summed E-state index contributed by atoms with van der Waals surface area (Å²) in [5, 5.41) is 10.9. The van der Waals surface area contributed by atoms with Crippen molar-refractivity contribution < 1.29 is 27.5 Å². The molecular weight excluding hydrogens is 276 g/mol. The molecule has 1 aliphatic rings. The minimum atomic E-state index is -1.38. The molecule has 1 saturated carbocycles. The van der Waals surface area contributed by atoms with Crippen LogP contribution in [-0.4, -0.2) is 21.7 Å². The molecule has 0 aliphatic heterocycles. The SMILES string of the molecule is CC(=O)NC1CC(C)(C)C[C](NC(C)=O)([Ti]([CH3])[CH3])C1. The zero-order valence-corrected chi connectivity index (χ0v) is 14.6. The monoisotopic (exact) mass is 303 g/mol. The Labute approximate surface area is 122 Å². The standard InChI is InChI=1S/C12H21N2O2.2CH3.Ti/c1-8(15)13-10-5-11(14-9(2)16)7-12(3,4)6-10;;;/h10H,5-7H2,1-4H3,(H,13,15)(H,14,16);2*1H3;. The summed E-state index contributed by atoms with van der Waals surface area (Å²) in [5.41, 5.74) is 0.151. The number of carbonyl (C=O) groups excluding carboxylic acids is 2. The second kappa shape index (κ2) is 5.96. The van der Waals surface area contributed by atoms with Crippen LogP contribution in [0.2, 0.25) is 10.5 Å². The van der Waals surface area contributed by atoms with Gasteiger partial charge in [-0.3, -0.25) is 0 Å². The fourth-order valence-corrected chi connectivity index (χ4v) is 6.44. The molecule has 0 saturated heterocycles. The molecule has 4 nitrogen and oxygen atoms in total. The Morgan fingerprint density at radius 3 is 2.11 bits per heavy atom. The molecule has 0 aromatic rings. The van der Waals surface area contributed by atoms with Crippen molar-refractivity contribution in [2.75, 3.05) is 0 Å². The van der Waals surface area contributed by atoms with Gasteiger partial charge in [0.2, 0.25) is 0 Å². The second-order valence-electron chi connectivity index (χ2n) is 6.91. The molecular formula is C14H27N2O2Ti. The number of carbonyl (C=O) groups is 2. The quantitative estimate of drug-likeness (QED) is 0.786.